The van der Waals surface area contributed by atoms with Crippen LogP contribution < -0.4 is 5.32 Å². The van der Waals surface area contributed by atoms with Crippen LogP contribution >= 0.6 is 23.2 Å². The van der Waals surface area contributed by atoms with Crippen molar-refractivity contribution < 1.29 is 14.3 Å². The van der Waals surface area contributed by atoms with Crippen molar-refractivity contribution in [1.29, 1.82) is 0 Å². The van der Waals surface area contributed by atoms with Crippen LogP contribution in [0.3, 0.4) is 0 Å². The summed E-state index contributed by atoms with van der Waals surface area (Å²) < 4.78 is 10.5. The van der Waals surface area contributed by atoms with Gasteiger partial charge in [0.1, 0.15) is 0 Å². The molecule has 1 aromatic carbocycles. The van der Waals surface area contributed by atoms with Crippen molar-refractivity contribution in [2.24, 2.45) is 4.99 Å². The fraction of sp³-hybridized carbons (Fsp3) is 0.429. The quantitative estimate of drug-likeness (QED) is 0.684. The highest BCUT2D eigenvalue weighted by Gasteiger charge is 2.16. The van der Waals surface area contributed by atoms with E-state index in [1.165, 1.54) is 13.2 Å². The van der Waals surface area contributed by atoms with Crippen molar-refractivity contribution in [3.8, 4) is 0 Å². The molecule has 1 N–H and O–H groups in total. The standard InChI is InChI=1S/C14H16Cl2N2O3/c1-20-14(17-8-10-3-2-6-21-10)18-13(19)9-4-5-11(15)12(16)7-9/h4-5,7,10H,2-3,6,8H2,1H3,(H,17,18,19)/t10-/m0/s1. The molecule has 1 atom stereocenters. The Labute approximate surface area is 133 Å². The number of methoxy groups -OCH3 is 1. The molecule has 2 rings (SSSR count). The number of carbonyl (C=O) groups excluding carboxylic acids is 1. The lowest BCUT2D eigenvalue weighted by molar-refractivity contribution is 0.0966. The zero-order chi connectivity index (χ0) is 15.2. The topological polar surface area (TPSA) is 59.9 Å². The lowest BCUT2D eigenvalue weighted by atomic mass is 10.2. The lowest BCUT2D eigenvalue weighted by Gasteiger charge is -2.10. The molecule has 0 aliphatic carbocycles. The highest BCUT2D eigenvalue weighted by molar-refractivity contribution is 6.42. The molecule has 1 amide bonds. The number of aliphatic imine (C=N–C) groups is 1. The van der Waals surface area contributed by atoms with Crippen LogP contribution in [0.5, 0.6) is 0 Å². The number of amides is 1. The van der Waals surface area contributed by atoms with E-state index in [-0.39, 0.29) is 18.0 Å². The Bertz CT molecular complexity index is 543. The van der Waals surface area contributed by atoms with Gasteiger partial charge in [0.05, 0.1) is 29.8 Å². The molecule has 1 aromatic rings. The van der Waals surface area contributed by atoms with Crippen molar-refractivity contribution in [2.75, 3.05) is 20.3 Å². The normalized spacial score (nSPS) is 18.6. The molecule has 7 heteroatoms. The molecule has 0 spiro atoms. The molecular formula is C14H16Cl2N2O3. The number of nitrogens with one attached hydrogen (secondary N) is 1. The SMILES string of the molecule is COC(=NC[C@@H]1CCCO1)NC(=O)c1ccc(Cl)c(Cl)c1. The monoisotopic (exact) mass is 330 g/mol. The third-order valence-electron chi connectivity index (χ3n) is 3.06. The van der Waals surface area contributed by atoms with Crippen LogP contribution in [-0.4, -0.2) is 38.3 Å². The van der Waals surface area contributed by atoms with E-state index >= 15 is 0 Å². The fourth-order valence-electron chi connectivity index (χ4n) is 1.93. The Balaban J connectivity index is 1.97. The first-order valence-corrected chi connectivity index (χ1v) is 7.32. The van der Waals surface area contributed by atoms with Gasteiger partial charge in [0.25, 0.3) is 11.9 Å². The number of benzene rings is 1. The molecule has 0 bridgehead atoms. The number of carbonyl (C=O) groups is 1. The van der Waals surface area contributed by atoms with Crippen molar-refractivity contribution >= 4 is 35.1 Å². The summed E-state index contributed by atoms with van der Waals surface area (Å²) in [5, 5.41) is 3.30. The maximum Gasteiger partial charge on any atom is 0.291 e. The van der Waals surface area contributed by atoms with Crippen LogP contribution in [0.15, 0.2) is 23.2 Å². The third kappa shape index (κ3) is 4.59. The fourth-order valence-corrected chi connectivity index (χ4v) is 2.23. The Morgan fingerprint density at radius 1 is 1.48 bits per heavy atom. The van der Waals surface area contributed by atoms with Gasteiger partial charge >= 0.3 is 0 Å². The molecule has 1 fully saturated rings. The minimum atomic E-state index is -0.360. The summed E-state index contributed by atoms with van der Waals surface area (Å²) in [6, 6.07) is 4.79. The van der Waals surface area contributed by atoms with Gasteiger partial charge in [-0.25, -0.2) is 4.99 Å². The second-order valence-electron chi connectivity index (χ2n) is 4.57. The summed E-state index contributed by atoms with van der Waals surface area (Å²) in [5.74, 6) is -0.360. The summed E-state index contributed by atoms with van der Waals surface area (Å²) >= 11 is 11.7. The van der Waals surface area contributed by atoms with E-state index in [0.29, 0.717) is 22.2 Å². The number of nitrogens with zero attached hydrogens (tertiary/aromatic N) is 1. The second kappa shape index (κ2) is 7.64. The number of amidine groups is 1. The molecule has 114 valence electrons. The van der Waals surface area contributed by atoms with E-state index in [0.717, 1.165) is 19.4 Å². The summed E-state index contributed by atoms with van der Waals surface area (Å²) in [6.07, 6.45) is 2.11. The second-order valence-corrected chi connectivity index (χ2v) is 5.38. The molecular weight excluding hydrogens is 315 g/mol. The number of hydrogen-bond acceptors (Lipinski definition) is 4. The maximum absolute atomic E-state index is 12.1. The zero-order valence-electron chi connectivity index (χ0n) is 11.6. The molecule has 1 heterocycles. The smallest absolute Gasteiger partial charge is 0.291 e. The van der Waals surface area contributed by atoms with Crippen molar-refractivity contribution in [3.63, 3.8) is 0 Å². The van der Waals surface area contributed by atoms with Gasteiger partial charge in [-0.1, -0.05) is 23.2 Å². The summed E-state index contributed by atoms with van der Waals surface area (Å²) in [5.41, 5.74) is 0.381. The first kappa shape index (κ1) is 16.1. The summed E-state index contributed by atoms with van der Waals surface area (Å²) in [4.78, 5) is 16.3. The Hall–Kier alpha value is -1.30. The minimum Gasteiger partial charge on any atom is -0.468 e. The van der Waals surface area contributed by atoms with Crippen LogP contribution in [0.25, 0.3) is 0 Å². The van der Waals surface area contributed by atoms with Crippen molar-refractivity contribution in [2.45, 2.75) is 18.9 Å². The van der Waals surface area contributed by atoms with Gasteiger partial charge < -0.3 is 9.47 Å². The Morgan fingerprint density at radius 2 is 2.29 bits per heavy atom. The van der Waals surface area contributed by atoms with Crippen LogP contribution in [-0.2, 0) is 9.47 Å². The largest absolute Gasteiger partial charge is 0.468 e. The van der Waals surface area contributed by atoms with Gasteiger partial charge in [0.2, 0.25) is 0 Å². The molecule has 1 saturated heterocycles. The Morgan fingerprint density at radius 3 is 2.90 bits per heavy atom. The third-order valence-corrected chi connectivity index (χ3v) is 3.80. The van der Waals surface area contributed by atoms with Crippen molar-refractivity contribution in [1.82, 2.24) is 5.32 Å². The molecule has 0 saturated carbocycles. The number of rotatable bonds is 3. The van der Waals surface area contributed by atoms with E-state index in [1.54, 1.807) is 12.1 Å². The number of hydrogen-bond donors (Lipinski definition) is 1. The van der Waals surface area contributed by atoms with Crippen LogP contribution in [0.1, 0.15) is 23.2 Å². The van der Waals surface area contributed by atoms with Gasteiger partial charge in [0, 0.05) is 12.2 Å². The minimum absolute atomic E-state index is 0.0945. The Kier molecular flexibility index (Phi) is 5.85. The van der Waals surface area contributed by atoms with E-state index < -0.39 is 0 Å². The first-order chi connectivity index (χ1) is 10.1. The predicted molar refractivity (Wildman–Crippen MR) is 82.2 cm³/mol. The molecule has 21 heavy (non-hydrogen) atoms. The maximum atomic E-state index is 12.1. The van der Waals surface area contributed by atoms with Crippen LogP contribution in [0.2, 0.25) is 10.0 Å². The summed E-state index contributed by atoms with van der Waals surface area (Å²) in [7, 11) is 1.45. The van der Waals surface area contributed by atoms with Crippen molar-refractivity contribution in [3.05, 3.63) is 33.8 Å². The highest BCUT2D eigenvalue weighted by Crippen LogP contribution is 2.22. The van der Waals surface area contributed by atoms with E-state index in [2.05, 4.69) is 10.3 Å². The van der Waals surface area contributed by atoms with Gasteiger partial charge in [-0.3, -0.25) is 10.1 Å². The molecule has 5 nitrogen and oxygen atoms in total. The number of halogens is 2. The summed E-state index contributed by atoms with van der Waals surface area (Å²) in [6.45, 7) is 1.23. The molecule has 0 radical (unpaired) electrons. The van der Waals surface area contributed by atoms with Gasteiger partial charge in [-0.2, -0.15) is 0 Å². The van der Waals surface area contributed by atoms with E-state index in [1.807, 2.05) is 0 Å². The number of ether oxygens (including phenoxy) is 2. The van der Waals surface area contributed by atoms with E-state index in [9.17, 15) is 4.79 Å². The molecule has 0 aromatic heterocycles. The van der Waals surface area contributed by atoms with Gasteiger partial charge in [-0.15, -0.1) is 0 Å². The van der Waals surface area contributed by atoms with Crippen LogP contribution in [0, 0.1) is 0 Å². The molecule has 1 aliphatic heterocycles. The zero-order valence-corrected chi connectivity index (χ0v) is 13.1. The first-order valence-electron chi connectivity index (χ1n) is 6.56. The lowest BCUT2D eigenvalue weighted by Crippen LogP contribution is -2.32. The van der Waals surface area contributed by atoms with Crippen LogP contribution in [0.4, 0.5) is 0 Å². The average molecular weight is 331 g/mol. The van der Waals surface area contributed by atoms with Gasteiger partial charge in [-0.05, 0) is 31.0 Å². The molecule has 0 unspecified atom stereocenters. The highest BCUT2D eigenvalue weighted by atomic mass is 35.5. The van der Waals surface area contributed by atoms with E-state index in [4.69, 9.17) is 32.7 Å². The average Bonchev–Trinajstić information content (AvgIpc) is 2.99. The van der Waals surface area contributed by atoms with Gasteiger partial charge in [0.15, 0.2) is 0 Å². The predicted octanol–water partition coefficient (Wildman–Crippen LogP) is 2.90. The molecule has 1 aliphatic rings.